The molecule has 2 rings (SSSR count). The Morgan fingerprint density at radius 3 is 2.80 bits per heavy atom. The summed E-state index contributed by atoms with van der Waals surface area (Å²) in [5, 5.41) is 2.82. The van der Waals surface area contributed by atoms with Crippen LogP contribution in [0.15, 0.2) is 30.6 Å². The number of anilines is 1. The van der Waals surface area contributed by atoms with Gasteiger partial charge in [0.2, 0.25) is 0 Å². The SMILES string of the molecule is CCc1cc(C(=O)Nc2cc(C)ccc2OC)ncn1. The van der Waals surface area contributed by atoms with Gasteiger partial charge in [-0.25, -0.2) is 9.97 Å². The predicted octanol–water partition coefficient (Wildman–Crippen LogP) is 2.61. The number of hydrogen-bond acceptors (Lipinski definition) is 4. The van der Waals surface area contributed by atoms with Gasteiger partial charge in [0.25, 0.3) is 5.91 Å². The highest BCUT2D eigenvalue weighted by Gasteiger charge is 2.11. The van der Waals surface area contributed by atoms with Crippen LogP contribution >= 0.6 is 0 Å². The third-order valence-electron chi connectivity index (χ3n) is 2.92. The highest BCUT2D eigenvalue weighted by molar-refractivity contribution is 6.03. The number of methoxy groups -OCH3 is 1. The van der Waals surface area contributed by atoms with Gasteiger partial charge in [0.05, 0.1) is 12.8 Å². The fraction of sp³-hybridized carbons (Fsp3) is 0.267. The van der Waals surface area contributed by atoms with Gasteiger partial charge in [0.15, 0.2) is 0 Å². The van der Waals surface area contributed by atoms with Crippen LogP contribution in [0.1, 0.15) is 28.7 Å². The first-order valence-corrected chi connectivity index (χ1v) is 6.41. The molecule has 0 bridgehead atoms. The van der Waals surface area contributed by atoms with Crippen molar-refractivity contribution in [1.29, 1.82) is 0 Å². The fourth-order valence-electron chi connectivity index (χ4n) is 1.82. The van der Waals surface area contributed by atoms with Crippen LogP contribution < -0.4 is 10.1 Å². The summed E-state index contributed by atoms with van der Waals surface area (Å²) >= 11 is 0. The average Bonchev–Trinajstić information content (AvgIpc) is 2.47. The largest absolute Gasteiger partial charge is 0.495 e. The number of amides is 1. The Morgan fingerprint density at radius 2 is 2.10 bits per heavy atom. The molecule has 104 valence electrons. The quantitative estimate of drug-likeness (QED) is 0.928. The lowest BCUT2D eigenvalue weighted by molar-refractivity contribution is 0.102. The number of nitrogens with one attached hydrogen (secondary N) is 1. The van der Waals surface area contributed by atoms with E-state index in [0.717, 1.165) is 17.7 Å². The smallest absolute Gasteiger partial charge is 0.274 e. The molecule has 0 saturated heterocycles. The maximum atomic E-state index is 12.2. The van der Waals surface area contributed by atoms with E-state index < -0.39 is 0 Å². The molecule has 0 saturated carbocycles. The zero-order chi connectivity index (χ0) is 14.5. The summed E-state index contributed by atoms with van der Waals surface area (Å²) in [6.07, 6.45) is 2.16. The summed E-state index contributed by atoms with van der Waals surface area (Å²) < 4.78 is 5.23. The number of aromatic nitrogens is 2. The molecule has 1 aromatic carbocycles. The molecule has 2 aromatic rings. The molecule has 1 N–H and O–H groups in total. The Hall–Kier alpha value is -2.43. The van der Waals surface area contributed by atoms with Crippen molar-refractivity contribution in [3.05, 3.63) is 47.5 Å². The number of nitrogens with zero attached hydrogens (tertiary/aromatic N) is 2. The lowest BCUT2D eigenvalue weighted by atomic mass is 10.2. The number of ether oxygens (including phenoxy) is 1. The van der Waals surface area contributed by atoms with Crippen LogP contribution in [-0.4, -0.2) is 23.0 Å². The lowest BCUT2D eigenvalue weighted by Gasteiger charge is -2.10. The highest BCUT2D eigenvalue weighted by atomic mass is 16.5. The number of carbonyl (C=O) groups is 1. The van der Waals surface area contributed by atoms with Gasteiger partial charge in [-0.05, 0) is 37.1 Å². The summed E-state index contributed by atoms with van der Waals surface area (Å²) in [6.45, 7) is 3.93. The summed E-state index contributed by atoms with van der Waals surface area (Å²) in [4.78, 5) is 20.3. The van der Waals surface area contributed by atoms with E-state index in [1.807, 2.05) is 32.0 Å². The third-order valence-corrected chi connectivity index (χ3v) is 2.92. The molecule has 0 aliphatic rings. The second kappa shape index (κ2) is 6.14. The minimum absolute atomic E-state index is 0.272. The van der Waals surface area contributed by atoms with Crippen LogP contribution in [0.3, 0.4) is 0 Å². The second-order valence-electron chi connectivity index (χ2n) is 4.41. The Bertz CT molecular complexity index is 626. The van der Waals surface area contributed by atoms with Crippen LogP contribution in [0, 0.1) is 6.92 Å². The topological polar surface area (TPSA) is 64.1 Å². The molecular weight excluding hydrogens is 254 g/mol. The van der Waals surface area contributed by atoms with Crippen molar-refractivity contribution < 1.29 is 9.53 Å². The molecule has 5 heteroatoms. The van der Waals surface area contributed by atoms with Gasteiger partial charge in [-0.3, -0.25) is 4.79 Å². The van der Waals surface area contributed by atoms with Crippen LogP contribution in [0.5, 0.6) is 5.75 Å². The van der Waals surface area contributed by atoms with Crippen LogP contribution in [0.2, 0.25) is 0 Å². The molecule has 0 atom stereocenters. The normalized spacial score (nSPS) is 10.2. The molecule has 1 amide bonds. The minimum atomic E-state index is -0.272. The fourth-order valence-corrected chi connectivity index (χ4v) is 1.82. The predicted molar refractivity (Wildman–Crippen MR) is 77.1 cm³/mol. The Labute approximate surface area is 118 Å². The van der Waals surface area contributed by atoms with E-state index in [4.69, 9.17) is 4.74 Å². The van der Waals surface area contributed by atoms with Gasteiger partial charge < -0.3 is 10.1 Å². The molecule has 0 unspecified atom stereocenters. The van der Waals surface area contributed by atoms with E-state index in [0.29, 0.717) is 17.1 Å². The monoisotopic (exact) mass is 271 g/mol. The molecular formula is C15H17N3O2. The minimum Gasteiger partial charge on any atom is -0.495 e. The lowest BCUT2D eigenvalue weighted by Crippen LogP contribution is -2.15. The van der Waals surface area contributed by atoms with Crippen molar-refractivity contribution in [2.45, 2.75) is 20.3 Å². The Kier molecular flexibility index (Phi) is 4.30. The molecule has 1 heterocycles. The maximum Gasteiger partial charge on any atom is 0.274 e. The number of hydrogen-bond donors (Lipinski definition) is 1. The molecule has 0 spiro atoms. The molecule has 0 aliphatic carbocycles. The van der Waals surface area contributed by atoms with Crippen molar-refractivity contribution in [3.8, 4) is 5.75 Å². The van der Waals surface area contributed by atoms with Crippen molar-refractivity contribution in [2.75, 3.05) is 12.4 Å². The van der Waals surface area contributed by atoms with E-state index in [2.05, 4.69) is 15.3 Å². The summed E-state index contributed by atoms with van der Waals surface area (Å²) in [5.41, 5.74) is 2.86. The van der Waals surface area contributed by atoms with Crippen molar-refractivity contribution in [3.63, 3.8) is 0 Å². The van der Waals surface area contributed by atoms with Crippen molar-refractivity contribution >= 4 is 11.6 Å². The zero-order valence-corrected chi connectivity index (χ0v) is 11.8. The van der Waals surface area contributed by atoms with Crippen LogP contribution in [-0.2, 0) is 6.42 Å². The first-order valence-electron chi connectivity index (χ1n) is 6.41. The number of benzene rings is 1. The van der Waals surface area contributed by atoms with E-state index in [1.54, 1.807) is 13.2 Å². The molecule has 0 radical (unpaired) electrons. The summed E-state index contributed by atoms with van der Waals surface area (Å²) in [7, 11) is 1.57. The van der Waals surface area contributed by atoms with E-state index in [9.17, 15) is 4.79 Å². The van der Waals surface area contributed by atoms with Crippen LogP contribution in [0.25, 0.3) is 0 Å². The first-order chi connectivity index (χ1) is 9.63. The molecule has 1 aromatic heterocycles. The summed E-state index contributed by atoms with van der Waals surface area (Å²) in [5.74, 6) is 0.347. The van der Waals surface area contributed by atoms with Crippen LogP contribution in [0.4, 0.5) is 5.69 Å². The second-order valence-corrected chi connectivity index (χ2v) is 4.41. The molecule has 5 nitrogen and oxygen atoms in total. The van der Waals surface area contributed by atoms with E-state index in [-0.39, 0.29) is 5.91 Å². The van der Waals surface area contributed by atoms with Crippen molar-refractivity contribution in [1.82, 2.24) is 9.97 Å². The molecule has 0 fully saturated rings. The first kappa shape index (κ1) is 14.0. The Balaban J connectivity index is 2.25. The van der Waals surface area contributed by atoms with Gasteiger partial charge in [-0.1, -0.05) is 13.0 Å². The van der Waals surface area contributed by atoms with Gasteiger partial charge in [0, 0.05) is 5.69 Å². The number of rotatable bonds is 4. The van der Waals surface area contributed by atoms with E-state index in [1.165, 1.54) is 6.33 Å². The molecule has 0 aliphatic heterocycles. The van der Waals surface area contributed by atoms with E-state index >= 15 is 0 Å². The van der Waals surface area contributed by atoms with Crippen molar-refractivity contribution in [2.24, 2.45) is 0 Å². The summed E-state index contributed by atoms with van der Waals surface area (Å²) in [6, 6.07) is 7.30. The van der Waals surface area contributed by atoms with Gasteiger partial charge in [0.1, 0.15) is 17.8 Å². The third kappa shape index (κ3) is 3.12. The zero-order valence-electron chi connectivity index (χ0n) is 11.8. The van der Waals surface area contributed by atoms with Gasteiger partial charge >= 0.3 is 0 Å². The maximum absolute atomic E-state index is 12.2. The molecule has 20 heavy (non-hydrogen) atoms. The van der Waals surface area contributed by atoms with Gasteiger partial charge in [-0.15, -0.1) is 0 Å². The number of carbonyl (C=O) groups excluding carboxylic acids is 1. The highest BCUT2D eigenvalue weighted by Crippen LogP contribution is 2.25. The standard InChI is InChI=1S/C15H17N3O2/c1-4-11-8-13(17-9-16-11)15(19)18-12-7-10(2)5-6-14(12)20-3/h5-9H,4H2,1-3H3,(H,18,19). The average molecular weight is 271 g/mol. The van der Waals surface area contributed by atoms with Gasteiger partial charge in [-0.2, -0.15) is 0 Å². The Morgan fingerprint density at radius 1 is 1.30 bits per heavy atom. The number of aryl methyl sites for hydroxylation is 2.